The molecule has 1 N–H and O–H groups in total. The quantitative estimate of drug-likeness (QED) is 0.771. The van der Waals surface area contributed by atoms with Gasteiger partial charge in [0, 0.05) is 23.0 Å². The summed E-state index contributed by atoms with van der Waals surface area (Å²) in [5.74, 6) is 0. The van der Waals surface area contributed by atoms with Crippen molar-refractivity contribution in [1.29, 1.82) is 0 Å². The zero-order chi connectivity index (χ0) is 13.7. The van der Waals surface area contributed by atoms with Gasteiger partial charge in [0.05, 0.1) is 0 Å². The lowest BCUT2D eigenvalue weighted by Crippen LogP contribution is -2.40. The van der Waals surface area contributed by atoms with Crippen LogP contribution in [0.1, 0.15) is 57.9 Å². The number of rotatable bonds is 4. The summed E-state index contributed by atoms with van der Waals surface area (Å²) in [6.07, 6.45) is 8.07. The Morgan fingerprint density at radius 2 is 1.63 bits per heavy atom. The predicted molar refractivity (Wildman–Crippen MR) is 84.0 cm³/mol. The first-order chi connectivity index (χ1) is 9.12. The summed E-state index contributed by atoms with van der Waals surface area (Å²) in [6, 6.07) is 9.09. The Morgan fingerprint density at radius 3 is 2.16 bits per heavy atom. The second-order valence-electron chi connectivity index (χ2n) is 6.24. The molecule has 2 rings (SSSR count). The van der Waals surface area contributed by atoms with Crippen LogP contribution in [0, 0.1) is 0 Å². The number of benzene rings is 1. The van der Waals surface area contributed by atoms with E-state index in [4.69, 9.17) is 11.6 Å². The Labute approximate surface area is 122 Å². The van der Waals surface area contributed by atoms with Gasteiger partial charge in [-0.25, -0.2) is 0 Å². The maximum absolute atomic E-state index is 6.04. The second-order valence-corrected chi connectivity index (χ2v) is 6.67. The van der Waals surface area contributed by atoms with Gasteiger partial charge in [-0.05, 0) is 30.5 Å². The largest absolute Gasteiger partial charge is 0.314 e. The second kappa shape index (κ2) is 6.76. The van der Waals surface area contributed by atoms with Gasteiger partial charge in [0.2, 0.25) is 0 Å². The molecule has 0 amide bonds. The van der Waals surface area contributed by atoms with Crippen molar-refractivity contribution in [3.05, 3.63) is 34.9 Å². The van der Waals surface area contributed by atoms with Crippen LogP contribution in [0.3, 0.4) is 0 Å². The molecule has 0 saturated heterocycles. The van der Waals surface area contributed by atoms with E-state index in [1.165, 1.54) is 44.1 Å². The number of hydrogen-bond acceptors (Lipinski definition) is 1. The van der Waals surface area contributed by atoms with Gasteiger partial charge in [0.15, 0.2) is 0 Å². The van der Waals surface area contributed by atoms with Crippen LogP contribution in [-0.4, -0.2) is 12.6 Å². The fourth-order valence-corrected chi connectivity index (χ4v) is 3.30. The van der Waals surface area contributed by atoms with Crippen molar-refractivity contribution in [2.45, 2.75) is 63.8 Å². The zero-order valence-electron chi connectivity index (χ0n) is 12.2. The molecule has 2 heteroatoms. The molecule has 1 nitrogen and oxygen atoms in total. The fraction of sp³-hybridized carbons (Fsp3) is 0.647. The lowest BCUT2D eigenvalue weighted by Gasteiger charge is -2.35. The summed E-state index contributed by atoms with van der Waals surface area (Å²) in [5.41, 5.74) is 1.78. The molecule has 1 aromatic rings. The Morgan fingerprint density at radius 1 is 1.05 bits per heavy atom. The summed E-state index contributed by atoms with van der Waals surface area (Å²) >= 11 is 6.04. The van der Waals surface area contributed by atoms with Crippen LogP contribution in [0.2, 0.25) is 5.02 Å². The molecule has 0 radical (unpaired) electrons. The van der Waals surface area contributed by atoms with Crippen molar-refractivity contribution in [1.82, 2.24) is 5.32 Å². The lowest BCUT2D eigenvalue weighted by molar-refractivity contribution is 0.336. The molecule has 0 heterocycles. The van der Waals surface area contributed by atoms with Gasteiger partial charge in [-0.15, -0.1) is 0 Å². The zero-order valence-corrected chi connectivity index (χ0v) is 13.0. The molecule has 1 aromatic carbocycles. The summed E-state index contributed by atoms with van der Waals surface area (Å²) in [4.78, 5) is 0. The van der Waals surface area contributed by atoms with Crippen LogP contribution < -0.4 is 5.32 Å². The Hall–Kier alpha value is -0.530. The minimum atomic E-state index is 0.311. The van der Waals surface area contributed by atoms with E-state index in [-0.39, 0.29) is 0 Å². The summed E-state index contributed by atoms with van der Waals surface area (Å²) in [7, 11) is 0. The Bertz CT molecular complexity index is 375. The third kappa shape index (κ3) is 3.97. The van der Waals surface area contributed by atoms with E-state index in [0.717, 1.165) is 11.6 Å². The van der Waals surface area contributed by atoms with Crippen LogP contribution in [0.15, 0.2) is 24.3 Å². The van der Waals surface area contributed by atoms with Crippen molar-refractivity contribution < 1.29 is 0 Å². The normalized spacial score (nSPS) is 19.4. The Kier molecular flexibility index (Phi) is 5.29. The van der Waals surface area contributed by atoms with Gasteiger partial charge >= 0.3 is 0 Å². The smallest absolute Gasteiger partial charge is 0.0406 e. The molecule has 0 spiro atoms. The van der Waals surface area contributed by atoms with E-state index in [0.29, 0.717) is 11.5 Å². The topological polar surface area (TPSA) is 12.0 Å². The molecule has 0 unspecified atom stereocenters. The SMILES string of the molecule is CC(C)NCC1(c2ccc(Cl)cc2)CCCCCC1. The van der Waals surface area contributed by atoms with E-state index in [9.17, 15) is 0 Å². The van der Waals surface area contributed by atoms with Crippen LogP contribution in [0.5, 0.6) is 0 Å². The highest BCUT2D eigenvalue weighted by molar-refractivity contribution is 6.30. The molecule has 1 fully saturated rings. The summed E-state index contributed by atoms with van der Waals surface area (Å²) < 4.78 is 0. The average Bonchev–Trinajstić information content (AvgIpc) is 2.64. The molecule has 1 saturated carbocycles. The van der Waals surface area contributed by atoms with Crippen LogP contribution >= 0.6 is 11.6 Å². The maximum atomic E-state index is 6.04. The first kappa shape index (κ1) is 14.9. The van der Waals surface area contributed by atoms with Gasteiger partial charge < -0.3 is 5.32 Å². The highest BCUT2D eigenvalue weighted by Crippen LogP contribution is 2.38. The molecule has 106 valence electrons. The van der Waals surface area contributed by atoms with E-state index < -0.39 is 0 Å². The van der Waals surface area contributed by atoms with Crippen LogP contribution in [0.25, 0.3) is 0 Å². The first-order valence-corrected chi connectivity index (χ1v) is 8.00. The monoisotopic (exact) mass is 279 g/mol. The summed E-state index contributed by atoms with van der Waals surface area (Å²) in [5, 5.41) is 4.50. The number of nitrogens with one attached hydrogen (secondary N) is 1. The summed E-state index contributed by atoms with van der Waals surface area (Å²) in [6.45, 7) is 5.55. The van der Waals surface area contributed by atoms with E-state index in [1.54, 1.807) is 0 Å². The highest BCUT2D eigenvalue weighted by atomic mass is 35.5. The lowest BCUT2D eigenvalue weighted by atomic mass is 9.74. The average molecular weight is 280 g/mol. The fourth-order valence-electron chi connectivity index (χ4n) is 3.18. The van der Waals surface area contributed by atoms with Crippen molar-refractivity contribution >= 4 is 11.6 Å². The van der Waals surface area contributed by atoms with Crippen molar-refractivity contribution in [2.75, 3.05) is 6.54 Å². The molecule has 19 heavy (non-hydrogen) atoms. The van der Waals surface area contributed by atoms with Gasteiger partial charge in [0.1, 0.15) is 0 Å². The van der Waals surface area contributed by atoms with Crippen molar-refractivity contribution in [3.63, 3.8) is 0 Å². The standard InChI is InChI=1S/C17H26ClN/c1-14(2)19-13-17(11-5-3-4-6-12-17)15-7-9-16(18)10-8-15/h7-10,14,19H,3-6,11-13H2,1-2H3. The van der Waals surface area contributed by atoms with Crippen LogP contribution in [0.4, 0.5) is 0 Å². The third-order valence-electron chi connectivity index (χ3n) is 4.37. The third-order valence-corrected chi connectivity index (χ3v) is 4.62. The molecular formula is C17H26ClN. The van der Waals surface area contributed by atoms with Crippen molar-refractivity contribution in [2.24, 2.45) is 0 Å². The molecule has 0 bridgehead atoms. The maximum Gasteiger partial charge on any atom is 0.0406 e. The predicted octanol–water partition coefficient (Wildman–Crippen LogP) is 4.93. The van der Waals surface area contributed by atoms with E-state index in [1.807, 2.05) is 12.1 Å². The molecule has 0 atom stereocenters. The number of hydrogen-bond donors (Lipinski definition) is 1. The first-order valence-electron chi connectivity index (χ1n) is 7.62. The molecular weight excluding hydrogens is 254 g/mol. The molecule has 0 aromatic heterocycles. The molecule has 0 aliphatic heterocycles. The molecule has 1 aliphatic rings. The minimum Gasteiger partial charge on any atom is -0.314 e. The molecule has 1 aliphatic carbocycles. The van der Waals surface area contributed by atoms with E-state index >= 15 is 0 Å². The van der Waals surface area contributed by atoms with Gasteiger partial charge in [0.25, 0.3) is 0 Å². The van der Waals surface area contributed by atoms with Gasteiger partial charge in [-0.2, -0.15) is 0 Å². The minimum absolute atomic E-state index is 0.311. The Balaban J connectivity index is 2.23. The van der Waals surface area contributed by atoms with Crippen molar-refractivity contribution in [3.8, 4) is 0 Å². The highest BCUT2D eigenvalue weighted by Gasteiger charge is 2.32. The van der Waals surface area contributed by atoms with Gasteiger partial charge in [-0.1, -0.05) is 63.3 Å². The van der Waals surface area contributed by atoms with E-state index in [2.05, 4.69) is 31.3 Å². The van der Waals surface area contributed by atoms with Gasteiger partial charge in [-0.3, -0.25) is 0 Å². The van der Waals surface area contributed by atoms with Crippen LogP contribution in [-0.2, 0) is 5.41 Å². The number of halogens is 1.